The van der Waals surface area contributed by atoms with Gasteiger partial charge in [-0.3, -0.25) is 0 Å². The summed E-state index contributed by atoms with van der Waals surface area (Å²) in [5.74, 6) is 1.08. The fourth-order valence-electron chi connectivity index (χ4n) is 4.60. The van der Waals surface area contributed by atoms with Crippen LogP contribution in [0.2, 0.25) is 0 Å². The fourth-order valence-corrected chi connectivity index (χ4v) is 4.60. The average molecular weight is 389 g/mol. The molecule has 150 valence electrons. The molecule has 4 rings (SSSR count). The molecule has 0 amide bonds. The monoisotopic (exact) mass is 388 g/mol. The van der Waals surface area contributed by atoms with Crippen LogP contribution in [0.15, 0.2) is 66.7 Å². The molecule has 0 heterocycles. The van der Waals surface area contributed by atoms with E-state index in [0.29, 0.717) is 17.4 Å². The number of hydrogen-bond acceptors (Lipinski definition) is 1. The third-order valence-electron chi connectivity index (χ3n) is 6.29. The molecule has 1 aliphatic carbocycles. The van der Waals surface area contributed by atoms with E-state index < -0.39 is 0 Å². The maximum Gasteiger partial charge on any atom is 0.131 e. The molecule has 0 aromatic heterocycles. The Hall–Kier alpha value is -2.45. The maximum atomic E-state index is 14.6. The van der Waals surface area contributed by atoms with Crippen LogP contribution in [-0.2, 0) is 4.74 Å². The van der Waals surface area contributed by atoms with Crippen molar-refractivity contribution in [1.82, 2.24) is 0 Å². The van der Waals surface area contributed by atoms with E-state index in [1.165, 1.54) is 36.8 Å². The smallest absolute Gasteiger partial charge is 0.131 e. The summed E-state index contributed by atoms with van der Waals surface area (Å²) < 4.78 is 19.9. The Kier molecular flexibility index (Phi) is 6.10. The first-order chi connectivity index (χ1) is 14.2. The molecular weight excluding hydrogens is 359 g/mol. The maximum absolute atomic E-state index is 14.6. The quantitative estimate of drug-likeness (QED) is 0.443. The SMILES string of the molecule is COCC1CCC(c2ccc(-c3ccccc3F)c(-c3ccc(C)cc3)c2)CC1. The highest BCUT2D eigenvalue weighted by Gasteiger charge is 2.23. The van der Waals surface area contributed by atoms with E-state index in [-0.39, 0.29) is 5.82 Å². The highest BCUT2D eigenvalue weighted by Crippen LogP contribution is 2.40. The molecule has 0 unspecified atom stereocenters. The first kappa shape index (κ1) is 19.8. The summed E-state index contributed by atoms with van der Waals surface area (Å²) >= 11 is 0. The first-order valence-corrected chi connectivity index (χ1v) is 10.6. The fraction of sp³-hybridized carbons (Fsp3) is 0.333. The van der Waals surface area contributed by atoms with Gasteiger partial charge in [-0.15, -0.1) is 0 Å². The van der Waals surface area contributed by atoms with Gasteiger partial charge in [-0.1, -0.05) is 66.2 Å². The minimum atomic E-state index is -0.173. The molecular formula is C27H29FO. The molecule has 1 aliphatic rings. The van der Waals surface area contributed by atoms with E-state index in [0.717, 1.165) is 23.3 Å². The van der Waals surface area contributed by atoms with E-state index in [1.807, 2.05) is 12.1 Å². The van der Waals surface area contributed by atoms with Gasteiger partial charge in [0.2, 0.25) is 0 Å². The van der Waals surface area contributed by atoms with Crippen LogP contribution in [0.25, 0.3) is 22.3 Å². The third-order valence-corrected chi connectivity index (χ3v) is 6.29. The third kappa shape index (κ3) is 4.43. The van der Waals surface area contributed by atoms with Crippen LogP contribution in [0.1, 0.15) is 42.7 Å². The van der Waals surface area contributed by atoms with Crippen LogP contribution in [0.4, 0.5) is 4.39 Å². The van der Waals surface area contributed by atoms with E-state index in [1.54, 1.807) is 19.2 Å². The topological polar surface area (TPSA) is 9.23 Å². The summed E-state index contributed by atoms with van der Waals surface area (Å²) in [4.78, 5) is 0. The number of benzene rings is 3. The Morgan fingerprint density at radius 2 is 1.55 bits per heavy atom. The molecule has 2 heteroatoms. The van der Waals surface area contributed by atoms with Crippen molar-refractivity contribution in [2.45, 2.75) is 38.5 Å². The molecule has 0 radical (unpaired) electrons. The van der Waals surface area contributed by atoms with Crippen molar-refractivity contribution >= 4 is 0 Å². The van der Waals surface area contributed by atoms with Gasteiger partial charge >= 0.3 is 0 Å². The van der Waals surface area contributed by atoms with E-state index in [9.17, 15) is 4.39 Å². The summed E-state index contributed by atoms with van der Waals surface area (Å²) in [7, 11) is 1.79. The zero-order chi connectivity index (χ0) is 20.2. The minimum absolute atomic E-state index is 0.173. The zero-order valence-corrected chi connectivity index (χ0v) is 17.3. The lowest BCUT2D eigenvalue weighted by Gasteiger charge is -2.29. The number of rotatable bonds is 5. The number of methoxy groups -OCH3 is 1. The number of hydrogen-bond donors (Lipinski definition) is 0. The summed E-state index contributed by atoms with van der Waals surface area (Å²) in [5.41, 5.74) is 6.49. The molecule has 3 aromatic rings. The molecule has 0 bridgehead atoms. The van der Waals surface area contributed by atoms with Crippen molar-refractivity contribution in [2.75, 3.05) is 13.7 Å². The predicted molar refractivity (Wildman–Crippen MR) is 119 cm³/mol. The molecule has 0 aliphatic heterocycles. The van der Waals surface area contributed by atoms with Crippen molar-refractivity contribution in [1.29, 1.82) is 0 Å². The van der Waals surface area contributed by atoms with Gasteiger partial charge in [0, 0.05) is 19.3 Å². The summed E-state index contributed by atoms with van der Waals surface area (Å²) in [6.07, 6.45) is 4.82. The lowest BCUT2D eigenvalue weighted by molar-refractivity contribution is 0.127. The molecule has 0 saturated heterocycles. The van der Waals surface area contributed by atoms with E-state index in [4.69, 9.17) is 4.74 Å². The van der Waals surface area contributed by atoms with Crippen LogP contribution in [-0.4, -0.2) is 13.7 Å². The largest absolute Gasteiger partial charge is 0.384 e. The second-order valence-corrected chi connectivity index (χ2v) is 8.32. The summed E-state index contributed by atoms with van der Waals surface area (Å²) in [5, 5.41) is 0. The molecule has 0 N–H and O–H groups in total. The Balaban J connectivity index is 1.72. The number of ether oxygens (including phenoxy) is 1. The number of aryl methyl sites for hydroxylation is 1. The molecule has 1 fully saturated rings. The molecule has 0 spiro atoms. The Labute approximate surface area is 173 Å². The van der Waals surface area contributed by atoms with E-state index >= 15 is 0 Å². The van der Waals surface area contributed by atoms with Crippen LogP contribution >= 0.6 is 0 Å². The number of halogens is 1. The second kappa shape index (κ2) is 8.92. The van der Waals surface area contributed by atoms with Gasteiger partial charge < -0.3 is 4.74 Å². The lowest BCUT2D eigenvalue weighted by Crippen LogP contribution is -2.17. The van der Waals surface area contributed by atoms with Gasteiger partial charge in [0.1, 0.15) is 5.82 Å². The molecule has 1 nitrogen and oxygen atoms in total. The van der Waals surface area contributed by atoms with Crippen molar-refractivity contribution in [3.63, 3.8) is 0 Å². The van der Waals surface area contributed by atoms with Crippen molar-refractivity contribution in [3.8, 4) is 22.3 Å². The Morgan fingerprint density at radius 3 is 2.24 bits per heavy atom. The average Bonchev–Trinajstić information content (AvgIpc) is 2.75. The van der Waals surface area contributed by atoms with Gasteiger partial charge in [0.25, 0.3) is 0 Å². The summed E-state index contributed by atoms with van der Waals surface area (Å²) in [6.45, 7) is 2.96. The van der Waals surface area contributed by atoms with Gasteiger partial charge in [0.05, 0.1) is 0 Å². The highest BCUT2D eigenvalue weighted by atomic mass is 19.1. The van der Waals surface area contributed by atoms with Gasteiger partial charge in [-0.25, -0.2) is 4.39 Å². The van der Waals surface area contributed by atoms with Crippen LogP contribution in [0, 0.1) is 18.7 Å². The molecule has 29 heavy (non-hydrogen) atoms. The van der Waals surface area contributed by atoms with Crippen LogP contribution < -0.4 is 0 Å². The minimum Gasteiger partial charge on any atom is -0.384 e. The van der Waals surface area contributed by atoms with Crippen LogP contribution in [0.5, 0.6) is 0 Å². The van der Waals surface area contributed by atoms with Gasteiger partial charge in [-0.05, 0) is 72.8 Å². The molecule has 3 aromatic carbocycles. The highest BCUT2D eigenvalue weighted by molar-refractivity contribution is 5.84. The van der Waals surface area contributed by atoms with Crippen molar-refractivity contribution in [2.24, 2.45) is 5.92 Å². The van der Waals surface area contributed by atoms with Gasteiger partial charge in [0.15, 0.2) is 0 Å². The van der Waals surface area contributed by atoms with Crippen LogP contribution in [0.3, 0.4) is 0 Å². The van der Waals surface area contributed by atoms with Crippen molar-refractivity contribution < 1.29 is 9.13 Å². The molecule has 1 saturated carbocycles. The Bertz CT molecular complexity index is 953. The van der Waals surface area contributed by atoms with Gasteiger partial charge in [-0.2, -0.15) is 0 Å². The van der Waals surface area contributed by atoms with Crippen molar-refractivity contribution in [3.05, 3.63) is 83.7 Å². The lowest BCUT2D eigenvalue weighted by atomic mass is 9.78. The first-order valence-electron chi connectivity index (χ1n) is 10.6. The zero-order valence-electron chi connectivity index (χ0n) is 17.3. The molecule has 0 atom stereocenters. The standard InChI is InChI=1S/C27H29FO/c1-19-7-11-22(12-8-19)26-17-23(21-13-9-20(10-14-21)18-29-2)15-16-24(26)25-5-3-4-6-27(25)28/h3-8,11-12,15-17,20-21H,9-10,13-14,18H2,1-2H3. The Morgan fingerprint density at radius 1 is 0.828 bits per heavy atom. The second-order valence-electron chi connectivity index (χ2n) is 8.32. The normalized spacial score (nSPS) is 19.3. The summed E-state index contributed by atoms with van der Waals surface area (Å²) in [6, 6.07) is 22.2. The van der Waals surface area contributed by atoms with E-state index in [2.05, 4.69) is 49.4 Å². The predicted octanol–water partition coefficient (Wildman–Crippen LogP) is 7.39.